The van der Waals surface area contributed by atoms with Gasteiger partial charge in [-0.1, -0.05) is 0 Å². The molecule has 0 atom stereocenters. The third-order valence-corrected chi connectivity index (χ3v) is 2.11. The summed E-state index contributed by atoms with van der Waals surface area (Å²) in [5, 5.41) is 0. The lowest BCUT2D eigenvalue weighted by molar-refractivity contribution is -0.889. The molecule has 0 bridgehead atoms. The number of esters is 1. The van der Waals surface area contributed by atoms with E-state index in [0.29, 0.717) is 13.0 Å². The highest BCUT2D eigenvalue weighted by Crippen LogP contribution is 2.01. The van der Waals surface area contributed by atoms with Crippen molar-refractivity contribution in [1.82, 2.24) is 0 Å². The van der Waals surface area contributed by atoms with Gasteiger partial charge in [0.1, 0.15) is 0 Å². The van der Waals surface area contributed by atoms with Gasteiger partial charge in [-0.25, -0.2) is 0 Å². The van der Waals surface area contributed by atoms with Crippen LogP contribution in [-0.4, -0.2) is 51.3 Å². The van der Waals surface area contributed by atoms with Crippen molar-refractivity contribution < 1.29 is 14.0 Å². The Kier molecular flexibility index (Phi) is 5.66. The number of carbonyl (C=O) groups is 1. The van der Waals surface area contributed by atoms with Crippen molar-refractivity contribution in [2.75, 3.05) is 40.8 Å². The number of ether oxygens (including phenoxy) is 1. The zero-order chi connectivity index (χ0) is 10.3. The van der Waals surface area contributed by atoms with E-state index in [0.717, 1.165) is 24.0 Å². The van der Waals surface area contributed by atoms with Crippen LogP contribution in [0.1, 0.15) is 12.8 Å². The summed E-state index contributed by atoms with van der Waals surface area (Å²) >= 11 is 0. The van der Waals surface area contributed by atoms with Gasteiger partial charge >= 0.3 is 5.97 Å². The number of hydrogen-bond donors (Lipinski definition) is 1. The molecule has 0 aliphatic carbocycles. The monoisotopic (exact) mass is 189 g/mol. The maximum Gasteiger partial charge on any atom is 0.305 e. The summed E-state index contributed by atoms with van der Waals surface area (Å²) in [5.41, 5.74) is 5.47. The first-order chi connectivity index (χ1) is 6.02. The fraction of sp³-hybridized carbons (Fsp3) is 0.889. The molecule has 13 heavy (non-hydrogen) atoms. The van der Waals surface area contributed by atoms with Crippen molar-refractivity contribution >= 4 is 5.97 Å². The summed E-state index contributed by atoms with van der Waals surface area (Å²) in [5.74, 6) is -0.132. The summed E-state index contributed by atoms with van der Waals surface area (Å²) in [6.45, 7) is 2.60. The quantitative estimate of drug-likeness (QED) is 0.472. The van der Waals surface area contributed by atoms with E-state index in [-0.39, 0.29) is 5.97 Å². The SMILES string of the molecule is COC(=O)CCC[N+](C)(C)CCN. The van der Waals surface area contributed by atoms with Gasteiger partial charge < -0.3 is 15.0 Å². The van der Waals surface area contributed by atoms with Crippen molar-refractivity contribution in [2.45, 2.75) is 12.8 Å². The van der Waals surface area contributed by atoms with Gasteiger partial charge in [-0.15, -0.1) is 0 Å². The van der Waals surface area contributed by atoms with Crippen LogP contribution in [0.4, 0.5) is 0 Å². The van der Waals surface area contributed by atoms with Crippen LogP contribution in [-0.2, 0) is 9.53 Å². The van der Waals surface area contributed by atoms with Gasteiger partial charge in [-0.05, 0) is 0 Å². The van der Waals surface area contributed by atoms with Crippen LogP contribution < -0.4 is 5.73 Å². The molecule has 0 unspecified atom stereocenters. The third kappa shape index (κ3) is 6.54. The summed E-state index contributed by atoms with van der Waals surface area (Å²) < 4.78 is 5.42. The topological polar surface area (TPSA) is 52.3 Å². The minimum atomic E-state index is -0.132. The third-order valence-electron chi connectivity index (χ3n) is 2.11. The molecule has 0 aromatic carbocycles. The first-order valence-electron chi connectivity index (χ1n) is 4.61. The predicted octanol–water partition coefficient (Wildman–Crippen LogP) is -0.0253. The standard InChI is InChI=1S/C9H21N2O2/c1-11(2,8-6-10)7-4-5-9(12)13-3/h4-8,10H2,1-3H3/q+1. The minimum Gasteiger partial charge on any atom is -0.469 e. The minimum absolute atomic E-state index is 0.132. The number of rotatable bonds is 6. The smallest absolute Gasteiger partial charge is 0.305 e. The van der Waals surface area contributed by atoms with Crippen molar-refractivity contribution in [3.63, 3.8) is 0 Å². The van der Waals surface area contributed by atoms with Crippen molar-refractivity contribution in [3.05, 3.63) is 0 Å². The van der Waals surface area contributed by atoms with E-state index < -0.39 is 0 Å². The highest BCUT2D eigenvalue weighted by molar-refractivity contribution is 5.68. The van der Waals surface area contributed by atoms with E-state index in [2.05, 4.69) is 18.8 Å². The van der Waals surface area contributed by atoms with Gasteiger partial charge in [-0.2, -0.15) is 0 Å². The number of quaternary nitrogens is 1. The molecule has 4 nitrogen and oxygen atoms in total. The molecule has 0 amide bonds. The van der Waals surface area contributed by atoms with Crippen LogP contribution in [0.5, 0.6) is 0 Å². The maximum absolute atomic E-state index is 10.8. The number of nitrogens with zero attached hydrogens (tertiary/aromatic N) is 1. The van der Waals surface area contributed by atoms with E-state index >= 15 is 0 Å². The highest BCUT2D eigenvalue weighted by Gasteiger charge is 2.13. The molecule has 2 N–H and O–H groups in total. The lowest BCUT2D eigenvalue weighted by Gasteiger charge is -2.28. The zero-order valence-electron chi connectivity index (χ0n) is 8.88. The maximum atomic E-state index is 10.8. The van der Waals surface area contributed by atoms with Crippen molar-refractivity contribution in [3.8, 4) is 0 Å². The van der Waals surface area contributed by atoms with Crippen LogP contribution in [0.2, 0.25) is 0 Å². The molecular weight excluding hydrogens is 168 g/mol. The first-order valence-corrected chi connectivity index (χ1v) is 4.61. The molecule has 0 aliphatic rings. The fourth-order valence-electron chi connectivity index (χ4n) is 1.21. The summed E-state index contributed by atoms with van der Waals surface area (Å²) in [4.78, 5) is 10.8. The molecule has 78 valence electrons. The Hall–Kier alpha value is -0.610. The van der Waals surface area contributed by atoms with Crippen LogP contribution in [0.3, 0.4) is 0 Å². The first kappa shape index (κ1) is 12.4. The second kappa shape index (κ2) is 5.94. The van der Waals surface area contributed by atoms with Crippen LogP contribution in [0.15, 0.2) is 0 Å². The lowest BCUT2D eigenvalue weighted by Crippen LogP contribution is -2.44. The zero-order valence-corrected chi connectivity index (χ0v) is 8.88. The molecule has 0 aromatic heterocycles. The Morgan fingerprint density at radius 2 is 2.00 bits per heavy atom. The van der Waals surface area contributed by atoms with Gasteiger partial charge in [0.15, 0.2) is 0 Å². The lowest BCUT2D eigenvalue weighted by atomic mass is 10.2. The largest absolute Gasteiger partial charge is 0.469 e. The van der Waals surface area contributed by atoms with Crippen LogP contribution in [0, 0.1) is 0 Å². The number of carbonyl (C=O) groups excluding carboxylic acids is 1. The average Bonchev–Trinajstić information content (AvgIpc) is 2.03. The molecule has 0 saturated heterocycles. The Labute approximate surface area is 80.2 Å². The van der Waals surface area contributed by atoms with Crippen molar-refractivity contribution in [1.29, 1.82) is 0 Å². The van der Waals surface area contributed by atoms with Gasteiger partial charge in [0.05, 0.1) is 40.7 Å². The van der Waals surface area contributed by atoms with E-state index in [1.54, 1.807) is 0 Å². The van der Waals surface area contributed by atoms with Crippen molar-refractivity contribution in [2.24, 2.45) is 5.73 Å². The molecule has 4 heteroatoms. The Morgan fingerprint density at radius 3 is 2.46 bits per heavy atom. The average molecular weight is 189 g/mol. The van der Waals surface area contributed by atoms with E-state index in [9.17, 15) is 4.79 Å². The van der Waals surface area contributed by atoms with E-state index in [4.69, 9.17) is 5.73 Å². The number of hydrogen-bond acceptors (Lipinski definition) is 3. The summed E-state index contributed by atoms with van der Waals surface area (Å²) in [7, 11) is 5.65. The second-order valence-corrected chi connectivity index (χ2v) is 3.85. The molecule has 0 saturated carbocycles. The van der Waals surface area contributed by atoms with Gasteiger partial charge in [-0.3, -0.25) is 4.79 Å². The van der Waals surface area contributed by atoms with Gasteiger partial charge in [0, 0.05) is 13.0 Å². The number of methoxy groups -OCH3 is 1. The second-order valence-electron chi connectivity index (χ2n) is 3.85. The molecule has 0 aliphatic heterocycles. The Balaban J connectivity index is 3.56. The van der Waals surface area contributed by atoms with Gasteiger partial charge in [0.25, 0.3) is 0 Å². The molecular formula is C9H21N2O2+. The molecule has 0 aromatic rings. The van der Waals surface area contributed by atoms with Gasteiger partial charge in [0.2, 0.25) is 0 Å². The molecule has 0 spiro atoms. The summed E-state index contributed by atoms with van der Waals surface area (Å²) in [6.07, 6.45) is 1.36. The Bertz CT molecular complexity index is 158. The van der Waals surface area contributed by atoms with Crippen LogP contribution >= 0.6 is 0 Å². The van der Waals surface area contributed by atoms with E-state index in [1.807, 2.05) is 0 Å². The normalized spacial score (nSPS) is 11.4. The molecule has 0 rings (SSSR count). The fourth-order valence-corrected chi connectivity index (χ4v) is 1.21. The molecule has 0 radical (unpaired) electrons. The van der Waals surface area contributed by atoms with Crippen LogP contribution in [0.25, 0.3) is 0 Å². The number of nitrogens with two attached hydrogens (primary N) is 1. The number of likely N-dealkylation sites (N-methyl/N-ethyl adjacent to an activating group) is 1. The summed E-state index contributed by atoms with van der Waals surface area (Å²) in [6, 6.07) is 0. The Morgan fingerprint density at radius 1 is 1.38 bits per heavy atom. The molecule has 0 heterocycles. The highest BCUT2D eigenvalue weighted by atomic mass is 16.5. The molecule has 0 fully saturated rings. The predicted molar refractivity (Wildman–Crippen MR) is 52.1 cm³/mol. The van der Waals surface area contributed by atoms with E-state index in [1.165, 1.54) is 7.11 Å².